The summed E-state index contributed by atoms with van der Waals surface area (Å²) in [7, 11) is -3.72. The van der Waals surface area contributed by atoms with Gasteiger partial charge in [0.15, 0.2) is 5.03 Å². The molecule has 0 spiro atoms. The van der Waals surface area contributed by atoms with Crippen LogP contribution in [0.3, 0.4) is 0 Å². The Morgan fingerprint density at radius 2 is 2.26 bits per heavy atom. The zero-order chi connectivity index (χ0) is 13.9. The molecule has 0 aromatic carbocycles. The second-order valence-electron chi connectivity index (χ2n) is 4.11. The Bertz CT molecular complexity index is 619. The fourth-order valence-electron chi connectivity index (χ4n) is 1.36. The van der Waals surface area contributed by atoms with Crippen LogP contribution in [0.15, 0.2) is 16.7 Å². The Balaban J connectivity index is 2.19. The van der Waals surface area contributed by atoms with E-state index in [0.29, 0.717) is 12.1 Å². The van der Waals surface area contributed by atoms with Crippen molar-refractivity contribution in [1.29, 1.82) is 0 Å². The van der Waals surface area contributed by atoms with Gasteiger partial charge in [-0.15, -0.1) is 10.2 Å². The van der Waals surface area contributed by atoms with Crippen LogP contribution in [0.5, 0.6) is 0 Å². The van der Waals surface area contributed by atoms with Crippen LogP contribution in [-0.2, 0) is 16.6 Å². The van der Waals surface area contributed by atoms with Crippen LogP contribution in [0.2, 0.25) is 0 Å². The van der Waals surface area contributed by atoms with E-state index >= 15 is 0 Å². The molecule has 0 saturated carbocycles. The number of sulfonamides is 1. The van der Waals surface area contributed by atoms with Crippen molar-refractivity contribution in [1.82, 2.24) is 25.7 Å². The monoisotopic (exact) mass is 302 g/mol. The Labute approximate surface area is 114 Å². The van der Waals surface area contributed by atoms with Gasteiger partial charge in [0.25, 0.3) is 10.0 Å². The molecule has 8 nitrogen and oxygen atoms in total. The Kier molecular flexibility index (Phi) is 4.12. The van der Waals surface area contributed by atoms with Crippen molar-refractivity contribution in [2.75, 3.05) is 4.72 Å². The summed E-state index contributed by atoms with van der Waals surface area (Å²) in [4.78, 5) is 0. The summed E-state index contributed by atoms with van der Waals surface area (Å²) in [6.45, 7) is 4.38. The van der Waals surface area contributed by atoms with Gasteiger partial charge >= 0.3 is 0 Å². The lowest BCUT2D eigenvalue weighted by molar-refractivity contribution is 0.574. The smallest absolute Gasteiger partial charge is 0.280 e. The molecule has 0 atom stereocenters. The van der Waals surface area contributed by atoms with Crippen molar-refractivity contribution < 1.29 is 8.42 Å². The molecular formula is C9H14N6O2S2. The number of nitrogens with one attached hydrogen (secondary N) is 3. The van der Waals surface area contributed by atoms with E-state index in [0.717, 1.165) is 11.3 Å². The zero-order valence-corrected chi connectivity index (χ0v) is 12.0. The van der Waals surface area contributed by atoms with Gasteiger partial charge in [-0.05, 0) is 0 Å². The van der Waals surface area contributed by atoms with E-state index in [1.807, 2.05) is 13.8 Å². The van der Waals surface area contributed by atoms with E-state index in [9.17, 15) is 8.42 Å². The lowest BCUT2D eigenvalue weighted by Crippen LogP contribution is -2.23. The molecule has 0 aliphatic heterocycles. The molecule has 0 unspecified atom stereocenters. The average Bonchev–Trinajstić information content (AvgIpc) is 2.95. The zero-order valence-electron chi connectivity index (χ0n) is 10.4. The molecule has 0 aliphatic rings. The van der Waals surface area contributed by atoms with Crippen LogP contribution in [0, 0.1) is 0 Å². The van der Waals surface area contributed by atoms with Gasteiger partial charge in [-0.25, -0.2) is 0 Å². The second kappa shape index (κ2) is 5.63. The first kappa shape index (κ1) is 13.9. The predicted octanol–water partition coefficient (Wildman–Crippen LogP) is 0.560. The van der Waals surface area contributed by atoms with Crippen molar-refractivity contribution >= 4 is 26.5 Å². The van der Waals surface area contributed by atoms with Gasteiger partial charge in [-0.2, -0.15) is 13.5 Å². The number of aromatic amines is 1. The summed E-state index contributed by atoms with van der Waals surface area (Å²) < 4.78 is 26.7. The maximum Gasteiger partial charge on any atom is 0.280 e. The van der Waals surface area contributed by atoms with Crippen LogP contribution in [0.4, 0.5) is 5.13 Å². The van der Waals surface area contributed by atoms with Crippen LogP contribution >= 0.6 is 11.3 Å². The molecule has 3 N–H and O–H groups in total. The second-order valence-corrected chi connectivity index (χ2v) is 6.56. The highest BCUT2D eigenvalue weighted by Gasteiger charge is 2.22. The molecule has 0 saturated heterocycles. The molecule has 2 rings (SSSR count). The normalized spacial score (nSPS) is 11.9. The summed E-state index contributed by atoms with van der Waals surface area (Å²) in [5, 5.41) is 16.9. The molecule has 0 radical (unpaired) electrons. The summed E-state index contributed by atoms with van der Waals surface area (Å²) in [6, 6.07) is 0.251. The number of anilines is 1. The third kappa shape index (κ3) is 3.49. The number of rotatable bonds is 6. The molecule has 2 heterocycles. The van der Waals surface area contributed by atoms with Crippen LogP contribution < -0.4 is 10.0 Å². The Hall–Kier alpha value is -1.52. The van der Waals surface area contributed by atoms with E-state index in [4.69, 9.17) is 0 Å². The van der Waals surface area contributed by atoms with Crippen LogP contribution in [0.25, 0.3) is 0 Å². The quantitative estimate of drug-likeness (QED) is 0.718. The first-order valence-electron chi connectivity index (χ1n) is 5.53. The molecule has 0 amide bonds. The SMILES string of the molecule is CC(C)NCc1cn[nH]c1S(=O)(=O)Nc1nncs1. The Morgan fingerprint density at radius 3 is 2.89 bits per heavy atom. The lowest BCUT2D eigenvalue weighted by atomic mass is 10.3. The number of H-pyrrole nitrogens is 1. The van der Waals surface area contributed by atoms with Gasteiger partial charge in [0.1, 0.15) is 5.51 Å². The number of aromatic nitrogens is 4. The third-order valence-corrected chi connectivity index (χ3v) is 4.32. The fourth-order valence-corrected chi connectivity index (χ4v) is 3.18. The van der Waals surface area contributed by atoms with Crippen molar-refractivity contribution in [3.63, 3.8) is 0 Å². The standard InChI is InChI=1S/C9H14N6O2S2/c1-6(2)10-3-7-4-11-13-8(7)19(16,17)15-9-14-12-5-18-9/h4-6,10H,3H2,1-2H3,(H,11,13)(H,14,15). The highest BCUT2D eigenvalue weighted by atomic mass is 32.2. The van der Waals surface area contributed by atoms with E-state index in [1.165, 1.54) is 11.7 Å². The van der Waals surface area contributed by atoms with Gasteiger partial charge in [0.2, 0.25) is 5.13 Å². The van der Waals surface area contributed by atoms with Crippen LogP contribution in [0.1, 0.15) is 19.4 Å². The number of hydrogen-bond donors (Lipinski definition) is 3. The highest BCUT2D eigenvalue weighted by Crippen LogP contribution is 2.18. The minimum absolute atomic E-state index is 0.0378. The first-order chi connectivity index (χ1) is 8.99. The molecule has 0 bridgehead atoms. The van der Waals surface area contributed by atoms with E-state index in [-0.39, 0.29) is 16.2 Å². The van der Waals surface area contributed by atoms with Gasteiger partial charge in [0.05, 0.1) is 6.20 Å². The highest BCUT2D eigenvalue weighted by molar-refractivity contribution is 7.92. The van der Waals surface area contributed by atoms with Gasteiger partial charge in [0, 0.05) is 18.2 Å². The van der Waals surface area contributed by atoms with Crippen molar-refractivity contribution in [3.8, 4) is 0 Å². The van der Waals surface area contributed by atoms with E-state index in [1.54, 1.807) is 0 Å². The third-order valence-electron chi connectivity index (χ3n) is 2.23. The minimum atomic E-state index is -3.72. The molecule has 0 aliphatic carbocycles. The van der Waals surface area contributed by atoms with E-state index < -0.39 is 10.0 Å². The Morgan fingerprint density at radius 1 is 1.47 bits per heavy atom. The predicted molar refractivity (Wildman–Crippen MR) is 71.3 cm³/mol. The largest absolute Gasteiger partial charge is 0.310 e. The molecule has 10 heteroatoms. The van der Waals surface area contributed by atoms with E-state index in [2.05, 4.69) is 30.4 Å². The molecule has 2 aromatic heterocycles. The summed E-state index contributed by atoms with van der Waals surface area (Å²) in [5.74, 6) is 0. The number of hydrogen-bond acceptors (Lipinski definition) is 7. The summed E-state index contributed by atoms with van der Waals surface area (Å²) in [5.41, 5.74) is 2.03. The molecule has 2 aromatic rings. The fraction of sp³-hybridized carbons (Fsp3) is 0.444. The first-order valence-corrected chi connectivity index (χ1v) is 7.90. The molecular weight excluding hydrogens is 288 g/mol. The topological polar surface area (TPSA) is 113 Å². The molecule has 19 heavy (non-hydrogen) atoms. The summed E-state index contributed by atoms with van der Waals surface area (Å²) in [6.07, 6.45) is 1.49. The van der Waals surface area contributed by atoms with Crippen molar-refractivity contribution in [3.05, 3.63) is 17.3 Å². The van der Waals surface area contributed by atoms with Crippen molar-refractivity contribution in [2.45, 2.75) is 31.5 Å². The maximum atomic E-state index is 12.2. The van der Waals surface area contributed by atoms with Gasteiger partial charge in [-0.1, -0.05) is 25.2 Å². The molecule has 0 fully saturated rings. The van der Waals surface area contributed by atoms with Crippen LogP contribution in [-0.4, -0.2) is 34.9 Å². The maximum absolute atomic E-state index is 12.2. The molecule has 104 valence electrons. The minimum Gasteiger partial charge on any atom is -0.310 e. The van der Waals surface area contributed by atoms with Crippen molar-refractivity contribution in [2.24, 2.45) is 0 Å². The lowest BCUT2D eigenvalue weighted by Gasteiger charge is -2.08. The summed E-state index contributed by atoms with van der Waals surface area (Å²) >= 11 is 1.11. The van der Waals surface area contributed by atoms with Gasteiger partial charge in [-0.3, -0.25) is 9.82 Å². The van der Waals surface area contributed by atoms with Gasteiger partial charge < -0.3 is 5.32 Å². The average molecular weight is 302 g/mol. The number of nitrogens with zero attached hydrogens (tertiary/aromatic N) is 3.